The average molecular weight is 149 g/mol. The molecule has 0 saturated heterocycles. The molecule has 0 aliphatic heterocycles. The highest BCUT2D eigenvalue weighted by Gasteiger charge is 2.13. The number of aliphatic hydroxyl groups is 3. The summed E-state index contributed by atoms with van der Waals surface area (Å²) in [7, 11) is 0. The Morgan fingerprint density at radius 2 is 1.60 bits per heavy atom. The molecule has 0 aliphatic rings. The molecule has 5 N–H and O–H groups in total. The van der Waals surface area contributed by atoms with Crippen LogP contribution >= 0.6 is 0 Å². The van der Waals surface area contributed by atoms with Crippen LogP contribution in [0, 0.1) is 0 Å². The van der Waals surface area contributed by atoms with Crippen molar-refractivity contribution in [3.63, 3.8) is 0 Å². The van der Waals surface area contributed by atoms with E-state index in [2.05, 4.69) is 0 Å². The van der Waals surface area contributed by atoms with Gasteiger partial charge in [-0.25, -0.2) is 0 Å². The van der Waals surface area contributed by atoms with Gasteiger partial charge in [0, 0.05) is 6.61 Å². The number of hydrogen-bond acceptors (Lipinski definition) is 4. The molecule has 0 aromatic rings. The maximum absolute atomic E-state index is 9.01. The molecular weight excluding hydrogens is 134 g/mol. The second-order valence-corrected chi connectivity index (χ2v) is 2.22. The van der Waals surface area contributed by atoms with E-state index in [1.165, 1.54) is 0 Å². The Labute approximate surface area is 60.3 Å². The largest absolute Gasteiger partial charge is 0.396 e. The van der Waals surface area contributed by atoms with E-state index in [0.717, 1.165) is 0 Å². The maximum atomic E-state index is 9.01. The van der Waals surface area contributed by atoms with Gasteiger partial charge < -0.3 is 21.1 Å². The molecule has 0 aliphatic carbocycles. The fourth-order valence-electron chi connectivity index (χ4n) is 0.688. The third-order valence-corrected chi connectivity index (χ3v) is 1.33. The van der Waals surface area contributed by atoms with E-state index in [9.17, 15) is 0 Å². The first kappa shape index (κ1) is 9.84. The van der Waals surface area contributed by atoms with E-state index in [1.807, 2.05) is 0 Å². The molecule has 0 saturated carbocycles. The van der Waals surface area contributed by atoms with Gasteiger partial charge >= 0.3 is 0 Å². The predicted molar refractivity (Wildman–Crippen MR) is 37.4 cm³/mol. The molecule has 0 radical (unpaired) electrons. The third-order valence-electron chi connectivity index (χ3n) is 1.33. The molecular formula is C6H15NO3. The summed E-state index contributed by atoms with van der Waals surface area (Å²) in [6.45, 7) is 0.243. The minimum atomic E-state index is -0.839. The van der Waals surface area contributed by atoms with Gasteiger partial charge in [0.2, 0.25) is 0 Å². The Hall–Kier alpha value is -0.160. The van der Waals surface area contributed by atoms with E-state index in [4.69, 9.17) is 21.1 Å². The van der Waals surface area contributed by atoms with Crippen molar-refractivity contribution in [1.29, 1.82) is 0 Å². The molecule has 0 bridgehead atoms. The first-order valence-electron chi connectivity index (χ1n) is 3.39. The lowest BCUT2D eigenvalue weighted by molar-refractivity contribution is 0.00254. The zero-order valence-corrected chi connectivity index (χ0v) is 5.90. The second kappa shape index (κ2) is 5.61. The van der Waals surface area contributed by atoms with Crippen LogP contribution in [-0.4, -0.2) is 40.7 Å². The van der Waals surface area contributed by atoms with Gasteiger partial charge in [-0.1, -0.05) is 0 Å². The van der Waals surface area contributed by atoms with Gasteiger partial charge in [0.1, 0.15) is 0 Å². The van der Waals surface area contributed by atoms with Crippen molar-refractivity contribution in [2.45, 2.75) is 25.0 Å². The van der Waals surface area contributed by atoms with E-state index in [-0.39, 0.29) is 13.0 Å². The van der Waals surface area contributed by atoms with Crippen molar-refractivity contribution in [3.05, 3.63) is 0 Å². The quantitative estimate of drug-likeness (QED) is 0.381. The van der Waals surface area contributed by atoms with Crippen LogP contribution in [0.15, 0.2) is 0 Å². The van der Waals surface area contributed by atoms with Crippen LogP contribution in [0.2, 0.25) is 0 Å². The van der Waals surface area contributed by atoms with Crippen LogP contribution < -0.4 is 5.73 Å². The van der Waals surface area contributed by atoms with E-state index < -0.39 is 12.2 Å². The summed E-state index contributed by atoms with van der Waals surface area (Å²) >= 11 is 0. The van der Waals surface area contributed by atoms with Gasteiger partial charge in [-0.15, -0.1) is 0 Å². The van der Waals surface area contributed by atoms with Gasteiger partial charge in [0.05, 0.1) is 12.2 Å². The van der Waals surface area contributed by atoms with Gasteiger partial charge in [0.25, 0.3) is 0 Å². The zero-order chi connectivity index (χ0) is 7.98. The Kier molecular flexibility index (Phi) is 5.52. The summed E-state index contributed by atoms with van der Waals surface area (Å²) in [5, 5.41) is 26.3. The zero-order valence-electron chi connectivity index (χ0n) is 5.90. The van der Waals surface area contributed by atoms with Crippen LogP contribution in [0.25, 0.3) is 0 Å². The first-order chi connectivity index (χ1) is 4.72. The lowest BCUT2D eigenvalue weighted by Gasteiger charge is -2.15. The highest BCUT2D eigenvalue weighted by atomic mass is 16.3. The normalized spacial score (nSPS) is 16.8. The summed E-state index contributed by atoms with van der Waals surface area (Å²) in [4.78, 5) is 0. The molecule has 0 unspecified atom stereocenters. The number of rotatable bonds is 5. The highest BCUT2D eigenvalue weighted by Crippen LogP contribution is 2.00. The smallest absolute Gasteiger partial charge is 0.0821 e. The lowest BCUT2D eigenvalue weighted by Crippen LogP contribution is -2.28. The molecule has 4 nitrogen and oxygen atoms in total. The lowest BCUT2D eigenvalue weighted by atomic mass is 10.1. The highest BCUT2D eigenvalue weighted by molar-refractivity contribution is 4.66. The van der Waals surface area contributed by atoms with Gasteiger partial charge in [-0.2, -0.15) is 0 Å². The van der Waals surface area contributed by atoms with Crippen molar-refractivity contribution in [2.75, 3.05) is 13.2 Å². The molecule has 62 valence electrons. The molecule has 0 aromatic heterocycles. The van der Waals surface area contributed by atoms with E-state index in [0.29, 0.717) is 13.0 Å². The maximum Gasteiger partial charge on any atom is 0.0821 e. The minimum absolute atomic E-state index is 0.108. The van der Waals surface area contributed by atoms with Crippen molar-refractivity contribution < 1.29 is 15.3 Å². The summed E-state index contributed by atoms with van der Waals surface area (Å²) in [6, 6.07) is 0. The van der Waals surface area contributed by atoms with Gasteiger partial charge in [-0.3, -0.25) is 0 Å². The molecule has 0 spiro atoms. The van der Waals surface area contributed by atoms with E-state index in [1.54, 1.807) is 0 Å². The summed E-state index contributed by atoms with van der Waals surface area (Å²) < 4.78 is 0. The fraction of sp³-hybridized carbons (Fsp3) is 1.00. The molecule has 0 fully saturated rings. The van der Waals surface area contributed by atoms with E-state index >= 15 is 0 Å². The number of aliphatic hydroxyl groups excluding tert-OH is 3. The molecule has 0 amide bonds. The third kappa shape index (κ3) is 3.79. The van der Waals surface area contributed by atoms with Crippen LogP contribution in [0.1, 0.15) is 12.8 Å². The average Bonchev–Trinajstić information content (AvgIpc) is 1.89. The summed E-state index contributed by atoms with van der Waals surface area (Å²) in [5.74, 6) is 0. The first-order valence-corrected chi connectivity index (χ1v) is 3.39. The van der Waals surface area contributed by atoms with Crippen molar-refractivity contribution in [2.24, 2.45) is 5.73 Å². The minimum Gasteiger partial charge on any atom is -0.396 e. The van der Waals surface area contributed by atoms with Crippen LogP contribution in [0.3, 0.4) is 0 Å². The summed E-state index contributed by atoms with van der Waals surface area (Å²) in [6.07, 6.45) is -1.05. The second-order valence-electron chi connectivity index (χ2n) is 2.22. The SMILES string of the molecule is NCC[C@H](O)[C@@H](O)CCO. The predicted octanol–water partition coefficient (Wildman–Crippen LogP) is -1.56. The standard InChI is InChI=1S/C6H15NO3/c7-3-1-5(9)6(10)2-4-8/h5-6,8-10H,1-4,7H2/t5-,6-/m0/s1. The van der Waals surface area contributed by atoms with Crippen LogP contribution in [0.4, 0.5) is 0 Å². The summed E-state index contributed by atoms with van der Waals surface area (Å²) in [5.41, 5.74) is 5.13. The number of nitrogens with two attached hydrogens (primary N) is 1. The monoisotopic (exact) mass is 149 g/mol. The van der Waals surface area contributed by atoms with Crippen LogP contribution in [-0.2, 0) is 0 Å². The fourth-order valence-corrected chi connectivity index (χ4v) is 0.688. The Bertz CT molecular complexity index is 69.4. The van der Waals surface area contributed by atoms with Crippen molar-refractivity contribution in [1.82, 2.24) is 0 Å². The molecule has 4 heteroatoms. The van der Waals surface area contributed by atoms with Crippen molar-refractivity contribution in [3.8, 4) is 0 Å². The van der Waals surface area contributed by atoms with Gasteiger partial charge in [-0.05, 0) is 19.4 Å². The Morgan fingerprint density at radius 1 is 1.10 bits per heavy atom. The molecule has 0 heterocycles. The number of hydrogen-bond donors (Lipinski definition) is 4. The van der Waals surface area contributed by atoms with Gasteiger partial charge in [0.15, 0.2) is 0 Å². The molecule has 0 rings (SSSR count). The topological polar surface area (TPSA) is 86.7 Å². The molecule has 2 atom stereocenters. The molecule has 10 heavy (non-hydrogen) atoms. The van der Waals surface area contributed by atoms with Crippen LogP contribution in [0.5, 0.6) is 0 Å². The Morgan fingerprint density at radius 3 is 2.00 bits per heavy atom. The van der Waals surface area contributed by atoms with Crippen molar-refractivity contribution >= 4 is 0 Å². The Balaban J connectivity index is 3.38. The molecule has 0 aromatic carbocycles.